The lowest BCUT2D eigenvalue weighted by molar-refractivity contribution is 0.102. The molecule has 0 aliphatic rings. The van der Waals surface area contributed by atoms with E-state index in [1.165, 1.54) is 6.07 Å². The lowest BCUT2D eigenvalue weighted by atomic mass is 10.1. The van der Waals surface area contributed by atoms with Crippen molar-refractivity contribution in [1.82, 2.24) is 0 Å². The summed E-state index contributed by atoms with van der Waals surface area (Å²) in [6.45, 7) is 2.07. The Kier molecular flexibility index (Phi) is 4.60. The summed E-state index contributed by atoms with van der Waals surface area (Å²) in [5.74, 6) is 5.64. The van der Waals surface area contributed by atoms with Gasteiger partial charge in [0.2, 0.25) is 0 Å². The molecule has 21 heavy (non-hydrogen) atoms. The number of aryl methyl sites for hydroxylation is 1. The molecule has 0 aliphatic carbocycles. The van der Waals surface area contributed by atoms with E-state index in [-0.39, 0.29) is 11.7 Å². The Morgan fingerprint density at radius 2 is 1.95 bits per heavy atom. The topological polar surface area (TPSA) is 75.4 Å². The number of hydrogen-bond donors (Lipinski definition) is 3. The molecule has 0 radical (unpaired) electrons. The van der Waals surface area contributed by atoms with E-state index in [0.717, 1.165) is 5.56 Å². The molecule has 2 aromatic carbocycles. The standard InChI is InChI=1S/C17H16N2O2/c1-12-11-14(6-9-16(12)20)17(21)19-15-7-4-13(5-8-15)3-2-10-18/h4-9,11,20H,10,18H2,1H3,(H,19,21). The summed E-state index contributed by atoms with van der Waals surface area (Å²) in [5, 5.41) is 12.3. The molecule has 0 aliphatic heterocycles. The predicted octanol–water partition coefficient (Wildman–Crippen LogP) is 2.26. The zero-order chi connectivity index (χ0) is 15.2. The number of benzene rings is 2. The van der Waals surface area contributed by atoms with Gasteiger partial charge in [-0.15, -0.1) is 0 Å². The molecule has 4 N–H and O–H groups in total. The third-order valence-corrected chi connectivity index (χ3v) is 2.94. The van der Waals surface area contributed by atoms with E-state index < -0.39 is 0 Å². The van der Waals surface area contributed by atoms with Gasteiger partial charge in [0, 0.05) is 16.8 Å². The van der Waals surface area contributed by atoms with Gasteiger partial charge in [0.1, 0.15) is 5.75 Å². The summed E-state index contributed by atoms with van der Waals surface area (Å²) in [4.78, 5) is 12.1. The third-order valence-electron chi connectivity index (χ3n) is 2.94. The Hall–Kier alpha value is -2.77. The molecule has 0 saturated carbocycles. The third kappa shape index (κ3) is 3.85. The Balaban J connectivity index is 2.10. The summed E-state index contributed by atoms with van der Waals surface area (Å²) < 4.78 is 0. The van der Waals surface area contributed by atoms with Crippen molar-refractivity contribution >= 4 is 11.6 Å². The Morgan fingerprint density at radius 1 is 1.24 bits per heavy atom. The van der Waals surface area contributed by atoms with Gasteiger partial charge in [-0.1, -0.05) is 11.8 Å². The monoisotopic (exact) mass is 280 g/mol. The maximum atomic E-state index is 12.1. The Labute approximate surface area is 123 Å². The smallest absolute Gasteiger partial charge is 0.255 e. The first-order chi connectivity index (χ1) is 10.1. The molecule has 4 heteroatoms. The fourth-order valence-electron chi connectivity index (χ4n) is 1.79. The van der Waals surface area contributed by atoms with Crippen LogP contribution in [0.1, 0.15) is 21.5 Å². The molecule has 0 aromatic heterocycles. The van der Waals surface area contributed by atoms with E-state index in [1.807, 2.05) is 12.1 Å². The molecule has 0 bridgehead atoms. The summed E-state index contributed by atoms with van der Waals surface area (Å²) in [6.07, 6.45) is 0. The number of rotatable bonds is 2. The average Bonchev–Trinajstić information content (AvgIpc) is 2.49. The van der Waals surface area contributed by atoms with E-state index in [1.54, 1.807) is 31.2 Å². The van der Waals surface area contributed by atoms with Gasteiger partial charge in [-0.05, 0) is 55.0 Å². The van der Waals surface area contributed by atoms with Gasteiger partial charge in [0.15, 0.2) is 0 Å². The highest BCUT2D eigenvalue weighted by Gasteiger charge is 2.07. The van der Waals surface area contributed by atoms with Crippen LogP contribution in [-0.4, -0.2) is 17.6 Å². The van der Waals surface area contributed by atoms with Gasteiger partial charge in [0.05, 0.1) is 6.54 Å². The summed E-state index contributed by atoms with van der Waals surface area (Å²) in [6, 6.07) is 11.9. The van der Waals surface area contributed by atoms with Gasteiger partial charge < -0.3 is 16.2 Å². The van der Waals surface area contributed by atoms with Crippen LogP contribution >= 0.6 is 0 Å². The molecular weight excluding hydrogens is 264 g/mol. The van der Waals surface area contributed by atoms with E-state index >= 15 is 0 Å². The summed E-state index contributed by atoms with van der Waals surface area (Å²) in [5.41, 5.74) is 8.00. The van der Waals surface area contributed by atoms with Crippen molar-refractivity contribution in [2.24, 2.45) is 5.73 Å². The normalized spacial score (nSPS) is 9.62. The van der Waals surface area contributed by atoms with Crippen LogP contribution in [0.15, 0.2) is 42.5 Å². The van der Waals surface area contributed by atoms with Gasteiger partial charge >= 0.3 is 0 Å². The average molecular weight is 280 g/mol. The van der Waals surface area contributed by atoms with Gasteiger partial charge in [-0.3, -0.25) is 4.79 Å². The highest BCUT2D eigenvalue weighted by Crippen LogP contribution is 2.18. The van der Waals surface area contributed by atoms with Crippen LogP contribution in [0.4, 0.5) is 5.69 Å². The molecule has 4 nitrogen and oxygen atoms in total. The van der Waals surface area contributed by atoms with Crippen LogP contribution < -0.4 is 11.1 Å². The van der Waals surface area contributed by atoms with Crippen molar-refractivity contribution < 1.29 is 9.90 Å². The lowest BCUT2D eigenvalue weighted by Gasteiger charge is -2.07. The predicted molar refractivity (Wildman–Crippen MR) is 83.2 cm³/mol. The lowest BCUT2D eigenvalue weighted by Crippen LogP contribution is -2.11. The number of amides is 1. The van der Waals surface area contributed by atoms with Crippen LogP contribution in [0.3, 0.4) is 0 Å². The Bertz CT molecular complexity index is 710. The fourth-order valence-corrected chi connectivity index (χ4v) is 1.79. The molecule has 0 unspecified atom stereocenters. The number of aromatic hydroxyl groups is 1. The largest absolute Gasteiger partial charge is 0.508 e. The minimum Gasteiger partial charge on any atom is -0.508 e. The number of hydrogen-bond acceptors (Lipinski definition) is 3. The second kappa shape index (κ2) is 6.60. The number of carbonyl (C=O) groups is 1. The van der Waals surface area contributed by atoms with Crippen LogP contribution in [0, 0.1) is 18.8 Å². The Morgan fingerprint density at radius 3 is 2.57 bits per heavy atom. The maximum absolute atomic E-state index is 12.1. The highest BCUT2D eigenvalue weighted by molar-refractivity contribution is 6.04. The van der Waals surface area contributed by atoms with E-state index in [0.29, 0.717) is 23.4 Å². The van der Waals surface area contributed by atoms with Crippen LogP contribution in [0.2, 0.25) is 0 Å². The molecule has 2 aromatic rings. The number of nitrogens with two attached hydrogens (primary N) is 1. The molecule has 0 fully saturated rings. The second-order valence-electron chi connectivity index (χ2n) is 4.54. The first kappa shape index (κ1) is 14.6. The zero-order valence-corrected chi connectivity index (χ0v) is 11.7. The molecule has 0 saturated heterocycles. The number of phenols is 1. The van der Waals surface area contributed by atoms with E-state index in [4.69, 9.17) is 5.73 Å². The molecular formula is C17H16N2O2. The summed E-state index contributed by atoms with van der Waals surface area (Å²) >= 11 is 0. The molecule has 1 amide bonds. The molecule has 106 valence electrons. The second-order valence-corrected chi connectivity index (χ2v) is 4.54. The van der Waals surface area contributed by atoms with E-state index in [9.17, 15) is 9.90 Å². The van der Waals surface area contributed by atoms with Crippen molar-refractivity contribution in [3.8, 4) is 17.6 Å². The first-order valence-corrected chi connectivity index (χ1v) is 6.50. The van der Waals surface area contributed by atoms with Crippen molar-refractivity contribution in [3.05, 3.63) is 59.2 Å². The SMILES string of the molecule is Cc1cc(C(=O)Nc2ccc(C#CCN)cc2)ccc1O. The van der Waals surface area contributed by atoms with E-state index in [2.05, 4.69) is 17.2 Å². The van der Waals surface area contributed by atoms with Crippen molar-refractivity contribution in [3.63, 3.8) is 0 Å². The van der Waals surface area contributed by atoms with Crippen molar-refractivity contribution in [1.29, 1.82) is 0 Å². The number of carbonyl (C=O) groups excluding carboxylic acids is 1. The van der Waals surface area contributed by atoms with Crippen molar-refractivity contribution in [2.75, 3.05) is 11.9 Å². The van der Waals surface area contributed by atoms with Crippen LogP contribution in [0.5, 0.6) is 5.75 Å². The minimum absolute atomic E-state index is 0.175. The van der Waals surface area contributed by atoms with Crippen LogP contribution in [0.25, 0.3) is 0 Å². The fraction of sp³-hybridized carbons (Fsp3) is 0.118. The number of nitrogens with one attached hydrogen (secondary N) is 1. The summed E-state index contributed by atoms with van der Waals surface area (Å²) in [7, 11) is 0. The van der Waals surface area contributed by atoms with Gasteiger partial charge in [0.25, 0.3) is 5.91 Å². The minimum atomic E-state index is -0.223. The zero-order valence-electron chi connectivity index (χ0n) is 11.7. The van der Waals surface area contributed by atoms with Crippen molar-refractivity contribution in [2.45, 2.75) is 6.92 Å². The maximum Gasteiger partial charge on any atom is 0.255 e. The first-order valence-electron chi connectivity index (χ1n) is 6.50. The number of phenolic OH excluding ortho intramolecular Hbond substituents is 1. The van der Waals surface area contributed by atoms with Gasteiger partial charge in [-0.25, -0.2) is 0 Å². The molecule has 2 rings (SSSR count). The molecule has 0 atom stereocenters. The van der Waals surface area contributed by atoms with Gasteiger partial charge in [-0.2, -0.15) is 0 Å². The number of anilines is 1. The molecule has 0 heterocycles. The van der Waals surface area contributed by atoms with Crippen LogP contribution in [-0.2, 0) is 0 Å². The molecule has 0 spiro atoms. The quantitative estimate of drug-likeness (QED) is 0.739. The highest BCUT2D eigenvalue weighted by atomic mass is 16.3.